The third-order valence-corrected chi connectivity index (χ3v) is 4.28. The molecule has 0 amide bonds. The summed E-state index contributed by atoms with van der Waals surface area (Å²) in [7, 11) is -4.91. The highest BCUT2D eigenvalue weighted by Gasteiger charge is 2.37. The Morgan fingerprint density at radius 3 is 2.27 bits per heavy atom. The Morgan fingerprint density at radius 1 is 1.08 bits per heavy atom. The Morgan fingerprint density at radius 2 is 1.69 bits per heavy atom. The van der Waals surface area contributed by atoms with Crippen molar-refractivity contribution >= 4 is 13.5 Å². The first-order chi connectivity index (χ1) is 12.0. The number of nitrogens with zero attached hydrogens (tertiary/aromatic N) is 1. The van der Waals surface area contributed by atoms with E-state index in [1.54, 1.807) is 12.1 Å². The minimum Gasteiger partial charge on any atom is -0.512 e. The van der Waals surface area contributed by atoms with Crippen LogP contribution < -0.4 is 0 Å². The highest BCUT2D eigenvalue weighted by molar-refractivity contribution is 7.50. The van der Waals surface area contributed by atoms with Gasteiger partial charge in [-0.3, -0.25) is 0 Å². The van der Waals surface area contributed by atoms with E-state index in [0.29, 0.717) is 6.42 Å². The first-order valence-corrected chi connectivity index (χ1v) is 9.25. The predicted octanol–water partition coefficient (Wildman–Crippen LogP) is 1.59. The van der Waals surface area contributed by atoms with Crippen LogP contribution in [0.1, 0.15) is 24.8 Å². The molecule has 1 aromatic rings. The first-order valence-electron chi connectivity index (χ1n) is 7.69. The minimum atomic E-state index is -4.91. The lowest BCUT2D eigenvalue weighted by Crippen LogP contribution is -2.37. The summed E-state index contributed by atoms with van der Waals surface area (Å²) >= 11 is 0. The maximum Gasteiger partial charge on any atom is 0.448 e. The molecule has 2 rings (SSSR count). The Hall–Kier alpha value is -2.16. The van der Waals surface area contributed by atoms with Crippen LogP contribution in [0.4, 0.5) is 0 Å². The van der Waals surface area contributed by atoms with Gasteiger partial charge in [0, 0.05) is 18.9 Å². The maximum absolute atomic E-state index is 11.1. The summed E-state index contributed by atoms with van der Waals surface area (Å²) in [6.45, 7) is 0. The summed E-state index contributed by atoms with van der Waals surface area (Å²) < 4.78 is 14.2. The molecule has 1 aromatic carbocycles. The molecule has 1 aliphatic carbocycles. The molecule has 10 heteroatoms. The fourth-order valence-corrected chi connectivity index (χ4v) is 3.18. The Balaban J connectivity index is 2.20. The zero-order valence-corrected chi connectivity index (χ0v) is 14.5. The number of aliphatic hydroxyl groups excluding tert-OH is 2. The summed E-state index contributed by atoms with van der Waals surface area (Å²) in [5.41, 5.74) is -0.211. The highest BCUT2D eigenvalue weighted by Crippen LogP contribution is 2.40. The van der Waals surface area contributed by atoms with Crippen molar-refractivity contribution in [3.05, 3.63) is 53.0 Å². The summed E-state index contributed by atoms with van der Waals surface area (Å²) in [4.78, 5) is 18.0. The molecule has 0 aliphatic heterocycles. The molecule has 7 N–H and O–H groups in total. The molecule has 0 bridgehead atoms. The first kappa shape index (κ1) is 20.2. The lowest BCUT2D eigenvalue weighted by molar-refractivity contribution is -0.131. The van der Waals surface area contributed by atoms with Crippen molar-refractivity contribution in [1.29, 1.82) is 0 Å². The summed E-state index contributed by atoms with van der Waals surface area (Å²) in [6, 6.07) is 6.33. The second-order valence-electron chi connectivity index (χ2n) is 5.97. The summed E-state index contributed by atoms with van der Waals surface area (Å²) in [5.74, 6) is -3.64. The quantitative estimate of drug-likeness (QED) is 0.286. The monoisotopic (exact) mass is 385 g/mol. The fraction of sp³-hybridized carbons (Fsp3) is 0.312. The standard InChI is InChI=1S/C16H20NO8P/c18-11-5-3-10(4-6-11)2-1-7-16(21,22)15-13(17-26(23,24)25)8-12(19)9-14(15)20/h3-6,9,18-22H,1-2,7-8H2,(H2,23,24,25). The van der Waals surface area contributed by atoms with Crippen molar-refractivity contribution < 1.29 is 39.9 Å². The van der Waals surface area contributed by atoms with Crippen molar-refractivity contribution in [3.63, 3.8) is 0 Å². The number of phenolic OH excluding ortho intramolecular Hbond substituents is 1. The van der Waals surface area contributed by atoms with Gasteiger partial charge in [-0.25, -0.2) is 4.57 Å². The molecule has 26 heavy (non-hydrogen) atoms. The van der Waals surface area contributed by atoms with E-state index in [0.717, 1.165) is 11.6 Å². The van der Waals surface area contributed by atoms with Crippen LogP contribution in [0, 0.1) is 0 Å². The molecular formula is C16H20NO8P. The molecule has 0 saturated carbocycles. The molecule has 0 atom stereocenters. The van der Waals surface area contributed by atoms with Crippen molar-refractivity contribution in [3.8, 4) is 5.75 Å². The molecule has 142 valence electrons. The van der Waals surface area contributed by atoms with Crippen LogP contribution in [0.25, 0.3) is 0 Å². The minimum absolute atomic E-state index is 0.106. The SMILES string of the molecule is O=P(O)(O)N=C1CC(O)=CC(O)=C1C(O)(O)CCCc1ccc(O)cc1. The van der Waals surface area contributed by atoms with Gasteiger partial charge >= 0.3 is 7.75 Å². The Bertz CT molecular complexity index is 804. The number of hydrogen-bond donors (Lipinski definition) is 7. The van der Waals surface area contributed by atoms with E-state index in [2.05, 4.69) is 4.76 Å². The number of hydrogen-bond acceptors (Lipinski definition) is 6. The predicted molar refractivity (Wildman–Crippen MR) is 92.7 cm³/mol. The van der Waals surface area contributed by atoms with Crippen LogP contribution in [0.5, 0.6) is 5.75 Å². The molecule has 0 aromatic heterocycles. The molecule has 0 heterocycles. The molecular weight excluding hydrogens is 365 g/mol. The van der Waals surface area contributed by atoms with Crippen molar-refractivity contribution in [2.75, 3.05) is 0 Å². The summed E-state index contributed by atoms with van der Waals surface area (Å²) in [6.07, 6.45) is 0.846. The van der Waals surface area contributed by atoms with Gasteiger partial charge in [0.2, 0.25) is 0 Å². The number of aliphatic hydroxyl groups is 4. The Kier molecular flexibility index (Phi) is 5.90. The van der Waals surface area contributed by atoms with E-state index >= 15 is 0 Å². The maximum atomic E-state index is 11.1. The van der Waals surface area contributed by atoms with Crippen molar-refractivity contribution in [1.82, 2.24) is 0 Å². The van der Waals surface area contributed by atoms with Crippen LogP contribution >= 0.6 is 7.75 Å². The van der Waals surface area contributed by atoms with E-state index in [1.165, 1.54) is 12.1 Å². The smallest absolute Gasteiger partial charge is 0.448 e. The number of aryl methyl sites for hydroxylation is 1. The van der Waals surface area contributed by atoms with Gasteiger partial charge in [0.25, 0.3) is 0 Å². The number of rotatable bonds is 6. The van der Waals surface area contributed by atoms with Crippen LogP contribution in [-0.2, 0) is 11.0 Å². The van der Waals surface area contributed by atoms with Gasteiger partial charge in [-0.1, -0.05) is 12.1 Å². The molecule has 1 aliphatic rings. The van der Waals surface area contributed by atoms with E-state index in [4.69, 9.17) is 9.79 Å². The van der Waals surface area contributed by atoms with Gasteiger partial charge < -0.3 is 35.3 Å². The Labute approximate surface area is 149 Å². The summed E-state index contributed by atoms with van der Waals surface area (Å²) in [5, 5.41) is 49.4. The van der Waals surface area contributed by atoms with Gasteiger partial charge in [-0.15, -0.1) is 0 Å². The van der Waals surface area contributed by atoms with Gasteiger partial charge in [0.15, 0.2) is 5.79 Å². The lowest BCUT2D eigenvalue weighted by Gasteiger charge is -2.28. The topological polar surface area (TPSA) is 171 Å². The van der Waals surface area contributed by atoms with Gasteiger partial charge in [0.1, 0.15) is 17.3 Å². The molecule has 0 fully saturated rings. The number of phenols is 1. The lowest BCUT2D eigenvalue weighted by atomic mass is 9.89. The van der Waals surface area contributed by atoms with Crippen LogP contribution in [0.3, 0.4) is 0 Å². The van der Waals surface area contributed by atoms with E-state index < -0.39 is 42.8 Å². The molecule has 0 unspecified atom stereocenters. The van der Waals surface area contributed by atoms with Crippen LogP contribution in [0.2, 0.25) is 0 Å². The van der Waals surface area contributed by atoms with E-state index in [9.17, 15) is 30.1 Å². The van der Waals surface area contributed by atoms with Crippen LogP contribution in [-0.4, -0.2) is 46.8 Å². The van der Waals surface area contributed by atoms with E-state index in [-0.39, 0.29) is 18.6 Å². The second kappa shape index (κ2) is 7.61. The molecule has 0 spiro atoms. The normalized spacial score (nSPS) is 17.5. The van der Waals surface area contributed by atoms with Gasteiger partial charge in [0.05, 0.1) is 11.3 Å². The van der Waals surface area contributed by atoms with Gasteiger partial charge in [-0.05, 0) is 30.5 Å². The third kappa shape index (κ3) is 5.42. The zero-order valence-electron chi connectivity index (χ0n) is 13.6. The van der Waals surface area contributed by atoms with Crippen molar-refractivity contribution in [2.45, 2.75) is 31.5 Å². The highest BCUT2D eigenvalue weighted by atomic mass is 31.2. The van der Waals surface area contributed by atoms with Crippen LogP contribution in [0.15, 0.2) is 52.2 Å². The zero-order chi connectivity index (χ0) is 19.5. The van der Waals surface area contributed by atoms with Crippen molar-refractivity contribution in [2.24, 2.45) is 4.76 Å². The molecule has 0 radical (unpaired) electrons. The van der Waals surface area contributed by atoms with Gasteiger partial charge in [-0.2, -0.15) is 4.76 Å². The fourth-order valence-electron chi connectivity index (χ4n) is 2.69. The number of benzene rings is 1. The average Bonchev–Trinajstić information content (AvgIpc) is 2.46. The third-order valence-electron chi connectivity index (χ3n) is 3.78. The largest absolute Gasteiger partial charge is 0.512 e. The van der Waals surface area contributed by atoms with E-state index in [1.807, 2.05) is 0 Å². The molecule has 9 nitrogen and oxygen atoms in total. The average molecular weight is 385 g/mol. The second-order valence-corrected chi connectivity index (χ2v) is 7.20. The number of aromatic hydroxyl groups is 1. The number of allylic oxidation sites excluding steroid dienone is 2. The molecule has 0 saturated heterocycles.